The topological polar surface area (TPSA) is 57.4 Å². The second kappa shape index (κ2) is 5.43. The highest BCUT2D eigenvalue weighted by atomic mass is 127. The molecule has 2 aromatic heterocycles. The molecule has 0 atom stereocenters. The van der Waals surface area contributed by atoms with Gasteiger partial charge in [0.15, 0.2) is 0 Å². The van der Waals surface area contributed by atoms with E-state index >= 15 is 0 Å². The molecule has 0 spiro atoms. The minimum Gasteiger partial charge on any atom is -0.277 e. The minimum atomic E-state index is 1.01. The van der Waals surface area contributed by atoms with E-state index in [0.29, 0.717) is 0 Å². The van der Waals surface area contributed by atoms with Crippen molar-refractivity contribution in [1.29, 1.82) is 0 Å². The molecular weight excluding hydrogens is 510 g/mol. The molecule has 0 unspecified atom stereocenters. The first-order chi connectivity index (χ1) is 10.2. The number of H-pyrrole nitrogens is 2. The van der Waals surface area contributed by atoms with Crippen LogP contribution in [-0.2, 0) is 0 Å². The van der Waals surface area contributed by atoms with Crippen molar-refractivity contribution in [3.63, 3.8) is 0 Å². The summed E-state index contributed by atoms with van der Waals surface area (Å²) in [4.78, 5) is 2.38. The number of nitrogens with zero attached hydrogens (tertiary/aromatic N) is 2. The predicted molar refractivity (Wildman–Crippen MR) is 102 cm³/mol. The quantitative estimate of drug-likeness (QED) is 0.375. The third-order valence-electron chi connectivity index (χ3n) is 3.21. The van der Waals surface area contributed by atoms with Crippen molar-refractivity contribution in [2.45, 2.75) is 9.79 Å². The molecule has 2 heterocycles. The minimum absolute atomic E-state index is 1.01. The van der Waals surface area contributed by atoms with Crippen LogP contribution in [0.4, 0.5) is 0 Å². The van der Waals surface area contributed by atoms with E-state index in [0.717, 1.165) is 18.4 Å². The lowest BCUT2D eigenvalue weighted by Crippen LogP contribution is -1.76. The molecule has 21 heavy (non-hydrogen) atoms. The van der Waals surface area contributed by atoms with E-state index in [1.54, 1.807) is 11.8 Å². The van der Waals surface area contributed by atoms with Gasteiger partial charge in [-0.05, 0) is 81.6 Å². The maximum absolute atomic E-state index is 4.23. The van der Waals surface area contributed by atoms with Gasteiger partial charge in [0.2, 0.25) is 0 Å². The van der Waals surface area contributed by atoms with E-state index in [1.165, 1.54) is 20.6 Å². The Morgan fingerprint density at radius 3 is 1.71 bits per heavy atom. The number of aromatic amines is 2. The smallest absolute Gasteiger partial charge is 0.130 e. The first kappa shape index (κ1) is 13.8. The highest BCUT2D eigenvalue weighted by molar-refractivity contribution is 14.1. The third-order valence-corrected chi connectivity index (χ3v) is 5.84. The van der Waals surface area contributed by atoms with Gasteiger partial charge in [-0.2, -0.15) is 10.2 Å². The molecular formula is C14H8I2N4S. The lowest BCUT2D eigenvalue weighted by molar-refractivity contribution is 1.09. The summed E-state index contributed by atoms with van der Waals surface area (Å²) in [6, 6.07) is 12.8. The first-order valence-electron chi connectivity index (χ1n) is 6.16. The SMILES string of the molecule is Ic1n[nH]c2cc(Sc3ccc4c(I)n[nH]c4c3)ccc12. The average Bonchev–Trinajstić information content (AvgIpc) is 3.03. The van der Waals surface area contributed by atoms with Crippen LogP contribution in [0.15, 0.2) is 46.2 Å². The Morgan fingerprint density at radius 1 is 0.762 bits per heavy atom. The Balaban J connectivity index is 1.71. The molecule has 0 saturated carbocycles. The van der Waals surface area contributed by atoms with Crippen molar-refractivity contribution in [2.24, 2.45) is 0 Å². The molecule has 0 fully saturated rings. The number of rotatable bonds is 2. The summed E-state index contributed by atoms with van der Waals surface area (Å²) in [5, 5.41) is 16.9. The molecule has 0 aliphatic heterocycles. The molecule has 4 nitrogen and oxygen atoms in total. The molecule has 2 aromatic carbocycles. The van der Waals surface area contributed by atoms with Gasteiger partial charge in [0.05, 0.1) is 11.0 Å². The maximum Gasteiger partial charge on any atom is 0.130 e. The lowest BCUT2D eigenvalue weighted by Gasteiger charge is -2.02. The summed E-state index contributed by atoms with van der Waals surface area (Å²) >= 11 is 6.21. The van der Waals surface area contributed by atoms with Crippen molar-refractivity contribution in [2.75, 3.05) is 0 Å². The van der Waals surface area contributed by atoms with Gasteiger partial charge in [0, 0.05) is 20.6 Å². The van der Waals surface area contributed by atoms with Crippen molar-refractivity contribution >= 4 is 78.7 Å². The van der Waals surface area contributed by atoms with Gasteiger partial charge in [-0.1, -0.05) is 11.8 Å². The number of halogens is 2. The van der Waals surface area contributed by atoms with Gasteiger partial charge in [-0.3, -0.25) is 10.2 Å². The van der Waals surface area contributed by atoms with Gasteiger partial charge >= 0.3 is 0 Å². The fraction of sp³-hybridized carbons (Fsp3) is 0. The lowest BCUT2D eigenvalue weighted by atomic mass is 10.3. The zero-order valence-electron chi connectivity index (χ0n) is 10.5. The molecule has 4 rings (SSSR count). The van der Waals surface area contributed by atoms with Gasteiger partial charge < -0.3 is 0 Å². The second-order valence-electron chi connectivity index (χ2n) is 4.55. The normalized spacial score (nSPS) is 11.5. The monoisotopic (exact) mass is 518 g/mol. The molecule has 0 radical (unpaired) electrons. The number of aromatic nitrogens is 4. The second-order valence-corrected chi connectivity index (χ2v) is 7.74. The van der Waals surface area contributed by atoms with Crippen LogP contribution in [0.1, 0.15) is 0 Å². The zero-order chi connectivity index (χ0) is 14.4. The van der Waals surface area contributed by atoms with E-state index in [1.807, 2.05) is 0 Å². The number of hydrogen-bond donors (Lipinski definition) is 2. The molecule has 2 N–H and O–H groups in total. The molecule has 4 aromatic rings. The van der Waals surface area contributed by atoms with Gasteiger partial charge in [0.1, 0.15) is 7.40 Å². The van der Waals surface area contributed by atoms with Crippen molar-refractivity contribution in [3.05, 3.63) is 43.8 Å². The predicted octanol–water partition coefficient (Wildman–Crippen LogP) is 4.80. The van der Waals surface area contributed by atoms with Crippen molar-refractivity contribution < 1.29 is 0 Å². The number of nitrogens with one attached hydrogen (secondary N) is 2. The average molecular weight is 518 g/mol. The van der Waals surface area contributed by atoms with E-state index in [4.69, 9.17) is 0 Å². The Labute approximate surface area is 151 Å². The Hall–Kier alpha value is -0.810. The standard InChI is InChI=1S/C14H8I2N4S/c15-13-9-3-1-7(5-11(9)17-19-13)21-8-2-4-10-12(6-8)18-20-14(10)16/h1-6H,(H,17,19)(H,18,20). The first-order valence-corrected chi connectivity index (χ1v) is 9.13. The maximum atomic E-state index is 4.23. The Morgan fingerprint density at radius 2 is 1.24 bits per heavy atom. The number of fused-ring (bicyclic) bond motifs is 2. The molecule has 0 aliphatic rings. The van der Waals surface area contributed by atoms with Crippen LogP contribution in [0.2, 0.25) is 0 Å². The van der Waals surface area contributed by atoms with Crippen LogP contribution in [0, 0.1) is 7.40 Å². The summed E-state index contributed by atoms with van der Waals surface area (Å²) in [5.41, 5.74) is 2.14. The summed E-state index contributed by atoms with van der Waals surface area (Å²) in [6.45, 7) is 0. The van der Waals surface area contributed by atoms with E-state index in [-0.39, 0.29) is 0 Å². The molecule has 7 heteroatoms. The molecule has 0 saturated heterocycles. The van der Waals surface area contributed by atoms with Crippen LogP contribution in [0.3, 0.4) is 0 Å². The largest absolute Gasteiger partial charge is 0.277 e. The van der Waals surface area contributed by atoms with Crippen LogP contribution in [-0.4, -0.2) is 20.4 Å². The highest BCUT2D eigenvalue weighted by Gasteiger charge is 2.07. The Bertz CT molecular complexity index is 882. The van der Waals surface area contributed by atoms with E-state index in [9.17, 15) is 0 Å². The van der Waals surface area contributed by atoms with Crippen LogP contribution < -0.4 is 0 Å². The summed E-state index contributed by atoms with van der Waals surface area (Å²) in [5.74, 6) is 0. The summed E-state index contributed by atoms with van der Waals surface area (Å²) in [7, 11) is 0. The fourth-order valence-corrected chi connectivity index (χ4v) is 4.27. The van der Waals surface area contributed by atoms with Gasteiger partial charge in [-0.25, -0.2) is 0 Å². The molecule has 0 bridgehead atoms. The van der Waals surface area contributed by atoms with Crippen LogP contribution in [0.25, 0.3) is 21.8 Å². The zero-order valence-corrected chi connectivity index (χ0v) is 15.7. The number of hydrogen-bond acceptors (Lipinski definition) is 3. The van der Waals surface area contributed by atoms with Crippen molar-refractivity contribution in [3.8, 4) is 0 Å². The fourth-order valence-electron chi connectivity index (χ4n) is 2.19. The number of benzene rings is 2. The van der Waals surface area contributed by atoms with Crippen LogP contribution in [0.5, 0.6) is 0 Å². The van der Waals surface area contributed by atoms with Crippen molar-refractivity contribution in [1.82, 2.24) is 20.4 Å². The van der Waals surface area contributed by atoms with Gasteiger partial charge in [0.25, 0.3) is 0 Å². The molecule has 104 valence electrons. The highest BCUT2D eigenvalue weighted by Crippen LogP contribution is 2.32. The van der Waals surface area contributed by atoms with E-state index in [2.05, 4.69) is 102 Å². The molecule has 0 amide bonds. The van der Waals surface area contributed by atoms with E-state index < -0.39 is 0 Å². The van der Waals surface area contributed by atoms with Gasteiger partial charge in [-0.15, -0.1) is 0 Å². The molecule has 0 aliphatic carbocycles. The third kappa shape index (κ3) is 2.55. The van der Waals surface area contributed by atoms with Crippen LogP contribution >= 0.6 is 56.9 Å². The summed E-state index contributed by atoms with van der Waals surface area (Å²) < 4.78 is 2.01. The Kier molecular flexibility index (Phi) is 3.58. The summed E-state index contributed by atoms with van der Waals surface area (Å²) in [6.07, 6.45) is 0.